The summed E-state index contributed by atoms with van der Waals surface area (Å²) in [6.07, 6.45) is 13.1. The first kappa shape index (κ1) is 21.0. The molecule has 29 heavy (non-hydrogen) atoms. The van der Waals surface area contributed by atoms with Gasteiger partial charge in [-0.15, -0.1) is 0 Å². The van der Waals surface area contributed by atoms with Gasteiger partial charge in [0.15, 0.2) is 0 Å². The van der Waals surface area contributed by atoms with Crippen LogP contribution in [0.15, 0.2) is 54.2 Å². The Labute approximate surface area is 171 Å². The Kier molecular flexibility index (Phi) is 8.25. The number of oxime groups is 1. The molecule has 7 nitrogen and oxygen atoms in total. The monoisotopic (exact) mass is 398 g/mol. The molecule has 3 rings (SSSR count). The lowest BCUT2D eigenvalue weighted by molar-refractivity contribution is -0.129. The van der Waals surface area contributed by atoms with Gasteiger partial charge in [0, 0.05) is 24.7 Å². The molecule has 1 aliphatic carbocycles. The van der Waals surface area contributed by atoms with E-state index in [0.717, 1.165) is 25.0 Å². The summed E-state index contributed by atoms with van der Waals surface area (Å²) in [5, 5.41) is 13.2. The first-order chi connectivity index (χ1) is 14.3. The zero-order valence-corrected chi connectivity index (χ0v) is 16.7. The number of aromatic nitrogens is 2. The molecule has 1 unspecified atom stereocenters. The van der Waals surface area contributed by atoms with Crippen molar-refractivity contribution in [3.05, 3.63) is 54.6 Å². The lowest BCUT2D eigenvalue weighted by Gasteiger charge is -2.29. The lowest BCUT2D eigenvalue weighted by atomic mass is 9.82. The lowest BCUT2D eigenvalue weighted by Crippen LogP contribution is -2.29. The van der Waals surface area contributed by atoms with Crippen LogP contribution in [0.3, 0.4) is 0 Å². The summed E-state index contributed by atoms with van der Waals surface area (Å²) in [6, 6.07) is 10.5. The molecule has 2 N–H and O–H groups in total. The first-order valence-corrected chi connectivity index (χ1v) is 10.4. The van der Waals surface area contributed by atoms with Gasteiger partial charge in [0.25, 0.3) is 0 Å². The number of nitrogens with zero attached hydrogens (tertiary/aromatic N) is 3. The van der Waals surface area contributed by atoms with Gasteiger partial charge < -0.3 is 9.40 Å². The first-order valence-electron chi connectivity index (χ1n) is 10.4. The van der Waals surface area contributed by atoms with Crippen LogP contribution in [0.4, 0.5) is 0 Å². The standard InChI is InChI=1S/C22H30N4O3/c27-21(24-28)12-7-15-29-25-22(19-10-5-2-6-11-19)20(26-14-13-23-17-26)16-18-8-3-1-4-9-18/h1,3-4,8-9,13-14,17,19-20,28H,2,5-7,10-12,15-16H2,(H,24,27)/b25-22+. The minimum absolute atomic E-state index is 0.0451. The molecule has 1 amide bonds. The summed E-state index contributed by atoms with van der Waals surface area (Å²) in [5.74, 6) is -0.0222. The number of amides is 1. The quantitative estimate of drug-likeness (QED) is 0.275. The Bertz CT molecular complexity index is 756. The molecule has 1 aromatic carbocycles. The number of hydrogen-bond donors (Lipinski definition) is 2. The van der Waals surface area contributed by atoms with Crippen LogP contribution in [0.1, 0.15) is 56.6 Å². The fraction of sp³-hybridized carbons (Fsp3) is 0.500. The largest absolute Gasteiger partial charge is 0.396 e. The normalized spacial score (nSPS) is 16.4. The maximum atomic E-state index is 11.2. The van der Waals surface area contributed by atoms with Crippen molar-refractivity contribution in [2.75, 3.05) is 6.61 Å². The number of carbonyl (C=O) groups is 1. The van der Waals surface area contributed by atoms with Gasteiger partial charge in [0.1, 0.15) is 6.61 Å². The molecule has 0 radical (unpaired) electrons. The third-order valence-electron chi connectivity index (χ3n) is 5.46. The van der Waals surface area contributed by atoms with Crippen molar-refractivity contribution in [2.45, 2.75) is 57.4 Å². The van der Waals surface area contributed by atoms with Crippen LogP contribution in [0.5, 0.6) is 0 Å². The Morgan fingerprint density at radius 1 is 1.28 bits per heavy atom. The number of carbonyl (C=O) groups excluding carboxylic acids is 1. The van der Waals surface area contributed by atoms with E-state index in [2.05, 4.69) is 39.0 Å². The molecule has 0 spiro atoms. The second-order valence-corrected chi connectivity index (χ2v) is 7.54. The Morgan fingerprint density at radius 3 is 2.76 bits per heavy atom. The fourth-order valence-corrected chi connectivity index (χ4v) is 3.93. The van der Waals surface area contributed by atoms with Crippen molar-refractivity contribution in [1.29, 1.82) is 0 Å². The Hall–Kier alpha value is -2.67. The van der Waals surface area contributed by atoms with E-state index in [9.17, 15) is 4.79 Å². The van der Waals surface area contributed by atoms with Crippen LogP contribution >= 0.6 is 0 Å². The summed E-state index contributed by atoms with van der Waals surface area (Å²) >= 11 is 0. The number of hydroxylamine groups is 1. The summed E-state index contributed by atoms with van der Waals surface area (Å²) in [5.41, 5.74) is 3.94. The molecule has 1 atom stereocenters. The van der Waals surface area contributed by atoms with E-state index in [1.807, 2.05) is 18.6 Å². The van der Waals surface area contributed by atoms with E-state index in [1.165, 1.54) is 24.8 Å². The van der Waals surface area contributed by atoms with Gasteiger partial charge in [0.2, 0.25) is 5.91 Å². The molecule has 7 heteroatoms. The summed E-state index contributed by atoms with van der Waals surface area (Å²) in [6.45, 7) is 0.339. The van der Waals surface area contributed by atoms with E-state index in [0.29, 0.717) is 18.9 Å². The van der Waals surface area contributed by atoms with Crippen LogP contribution in [0, 0.1) is 5.92 Å². The van der Waals surface area contributed by atoms with Crippen molar-refractivity contribution < 1.29 is 14.8 Å². The maximum Gasteiger partial charge on any atom is 0.243 e. The molecule has 1 aromatic heterocycles. The fourth-order valence-electron chi connectivity index (χ4n) is 3.93. The van der Waals surface area contributed by atoms with Crippen molar-refractivity contribution in [1.82, 2.24) is 15.0 Å². The zero-order valence-electron chi connectivity index (χ0n) is 16.7. The molecule has 2 aromatic rings. The van der Waals surface area contributed by atoms with Gasteiger partial charge in [-0.2, -0.15) is 0 Å². The van der Waals surface area contributed by atoms with Gasteiger partial charge in [-0.25, -0.2) is 10.5 Å². The number of benzene rings is 1. The Morgan fingerprint density at radius 2 is 2.07 bits per heavy atom. The average molecular weight is 399 g/mol. The highest BCUT2D eigenvalue weighted by Crippen LogP contribution is 2.31. The van der Waals surface area contributed by atoms with Crippen molar-refractivity contribution >= 4 is 11.6 Å². The molecule has 1 heterocycles. The van der Waals surface area contributed by atoms with Crippen molar-refractivity contribution in [3.8, 4) is 0 Å². The molecule has 0 saturated heterocycles. The molecular formula is C22H30N4O3. The highest BCUT2D eigenvalue weighted by molar-refractivity contribution is 5.90. The molecule has 1 aliphatic rings. The number of rotatable bonds is 10. The molecule has 1 saturated carbocycles. The predicted octanol–water partition coefficient (Wildman–Crippen LogP) is 3.91. The van der Waals surface area contributed by atoms with Gasteiger partial charge in [-0.1, -0.05) is 54.8 Å². The second-order valence-electron chi connectivity index (χ2n) is 7.54. The number of hydrogen-bond acceptors (Lipinski definition) is 5. The topological polar surface area (TPSA) is 88.7 Å². The second kappa shape index (κ2) is 11.4. The SMILES string of the molecule is O=C(CCCO/N=C(\C1CCCCC1)C(Cc1ccccc1)n1ccnc1)NO. The molecule has 1 fully saturated rings. The zero-order chi connectivity index (χ0) is 20.3. The van der Waals surface area contributed by atoms with Crippen molar-refractivity contribution in [2.24, 2.45) is 11.1 Å². The number of nitrogens with one attached hydrogen (secondary N) is 1. The Balaban J connectivity index is 1.78. The van der Waals surface area contributed by atoms with E-state index in [-0.39, 0.29) is 12.5 Å². The third kappa shape index (κ3) is 6.42. The van der Waals surface area contributed by atoms with E-state index < -0.39 is 5.91 Å². The number of imidazole rings is 1. The summed E-state index contributed by atoms with van der Waals surface area (Å²) < 4.78 is 2.11. The predicted molar refractivity (Wildman–Crippen MR) is 111 cm³/mol. The summed E-state index contributed by atoms with van der Waals surface area (Å²) in [7, 11) is 0. The third-order valence-corrected chi connectivity index (χ3v) is 5.46. The van der Waals surface area contributed by atoms with E-state index in [1.54, 1.807) is 11.7 Å². The minimum Gasteiger partial charge on any atom is -0.396 e. The van der Waals surface area contributed by atoms with Gasteiger partial charge in [-0.3, -0.25) is 10.0 Å². The van der Waals surface area contributed by atoms with Crippen LogP contribution in [-0.2, 0) is 16.1 Å². The van der Waals surface area contributed by atoms with Gasteiger partial charge in [-0.05, 0) is 31.2 Å². The smallest absolute Gasteiger partial charge is 0.243 e. The van der Waals surface area contributed by atoms with Gasteiger partial charge in [0.05, 0.1) is 18.1 Å². The molecule has 156 valence electrons. The highest BCUT2D eigenvalue weighted by Gasteiger charge is 2.28. The van der Waals surface area contributed by atoms with Crippen LogP contribution in [-0.4, -0.2) is 33.0 Å². The minimum atomic E-state index is -0.412. The maximum absolute atomic E-state index is 11.2. The summed E-state index contributed by atoms with van der Waals surface area (Å²) in [4.78, 5) is 21.1. The van der Waals surface area contributed by atoms with Gasteiger partial charge >= 0.3 is 0 Å². The highest BCUT2D eigenvalue weighted by atomic mass is 16.6. The van der Waals surface area contributed by atoms with Crippen LogP contribution in [0.2, 0.25) is 0 Å². The molecule has 0 aliphatic heterocycles. The molecular weight excluding hydrogens is 368 g/mol. The van der Waals surface area contributed by atoms with Crippen LogP contribution < -0.4 is 5.48 Å². The van der Waals surface area contributed by atoms with Crippen molar-refractivity contribution in [3.63, 3.8) is 0 Å². The van der Waals surface area contributed by atoms with E-state index >= 15 is 0 Å². The van der Waals surface area contributed by atoms with Crippen LogP contribution in [0.25, 0.3) is 0 Å². The molecule has 0 bridgehead atoms. The van der Waals surface area contributed by atoms with E-state index in [4.69, 9.17) is 10.0 Å². The average Bonchev–Trinajstić information content (AvgIpc) is 3.31.